The first-order valence-corrected chi connectivity index (χ1v) is 8.14. The van der Waals surface area contributed by atoms with E-state index in [1.54, 1.807) is 36.4 Å². The fraction of sp³-hybridized carbons (Fsp3) is 0. The minimum absolute atomic E-state index is 0.0690. The summed E-state index contributed by atoms with van der Waals surface area (Å²) < 4.78 is 0. The number of benzene rings is 3. The van der Waals surface area contributed by atoms with Crippen molar-refractivity contribution in [1.82, 2.24) is 0 Å². The Hall–Kier alpha value is -3.93. The van der Waals surface area contributed by atoms with Crippen LogP contribution in [0.3, 0.4) is 0 Å². The number of nitrogens with two attached hydrogens (primary N) is 1. The molecule has 0 aliphatic rings. The molecule has 6 nitrogen and oxygen atoms in total. The zero-order valence-electron chi connectivity index (χ0n) is 14.3. The number of aromatic carboxylic acids is 1. The third-order valence-electron chi connectivity index (χ3n) is 4.06. The van der Waals surface area contributed by atoms with Gasteiger partial charge in [-0.3, -0.25) is 10.2 Å². The number of rotatable bonds is 5. The van der Waals surface area contributed by atoms with E-state index in [9.17, 15) is 14.7 Å². The van der Waals surface area contributed by atoms with E-state index in [0.29, 0.717) is 11.3 Å². The molecule has 3 aromatic carbocycles. The molecule has 0 radical (unpaired) electrons. The molecule has 134 valence electrons. The molecule has 5 N–H and O–H groups in total. The quantitative estimate of drug-likeness (QED) is 0.411. The van der Waals surface area contributed by atoms with Crippen LogP contribution in [0.25, 0.3) is 11.1 Å². The maximum atomic E-state index is 12.7. The number of carboxylic acid groups (broad SMARTS) is 1. The van der Waals surface area contributed by atoms with Crippen LogP contribution in [-0.4, -0.2) is 22.8 Å². The van der Waals surface area contributed by atoms with Gasteiger partial charge in [-0.15, -0.1) is 0 Å². The molecule has 0 saturated carbocycles. The van der Waals surface area contributed by atoms with Gasteiger partial charge in [-0.2, -0.15) is 0 Å². The molecular weight excluding hydrogens is 342 g/mol. The summed E-state index contributed by atoms with van der Waals surface area (Å²) in [4.78, 5) is 24.2. The Labute approximate surface area is 155 Å². The number of carbonyl (C=O) groups excluding carboxylic acids is 1. The molecule has 0 heterocycles. The molecule has 27 heavy (non-hydrogen) atoms. The summed E-state index contributed by atoms with van der Waals surface area (Å²) in [6, 6.07) is 20.5. The van der Waals surface area contributed by atoms with Gasteiger partial charge in [-0.05, 0) is 47.5 Å². The number of anilines is 1. The Balaban J connectivity index is 1.94. The summed E-state index contributed by atoms with van der Waals surface area (Å²) in [6.07, 6.45) is 0. The molecule has 0 aliphatic carbocycles. The maximum absolute atomic E-state index is 12.7. The van der Waals surface area contributed by atoms with E-state index in [1.165, 1.54) is 6.07 Å². The van der Waals surface area contributed by atoms with Crippen molar-refractivity contribution in [1.29, 1.82) is 5.41 Å². The summed E-state index contributed by atoms with van der Waals surface area (Å²) >= 11 is 0. The van der Waals surface area contributed by atoms with Gasteiger partial charge in [-0.25, -0.2) is 4.79 Å². The molecule has 3 aromatic rings. The topological polar surface area (TPSA) is 116 Å². The van der Waals surface area contributed by atoms with Gasteiger partial charge in [0.25, 0.3) is 5.91 Å². The van der Waals surface area contributed by atoms with Gasteiger partial charge in [0.2, 0.25) is 0 Å². The molecule has 0 aromatic heterocycles. The van der Waals surface area contributed by atoms with E-state index in [4.69, 9.17) is 11.1 Å². The van der Waals surface area contributed by atoms with Crippen molar-refractivity contribution in [3.05, 3.63) is 89.5 Å². The van der Waals surface area contributed by atoms with Gasteiger partial charge in [0.1, 0.15) is 5.84 Å². The summed E-state index contributed by atoms with van der Waals surface area (Å²) in [5.41, 5.74) is 8.05. The zero-order chi connectivity index (χ0) is 19.4. The van der Waals surface area contributed by atoms with Crippen LogP contribution in [-0.2, 0) is 0 Å². The second-order valence-corrected chi connectivity index (χ2v) is 5.88. The highest BCUT2D eigenvalue weighted by atomic mass is 16.4. The Morgan fingerprint density at radius 1 is 0.852 bits per heavy atom. The Morgan fingerprint density at radius 3 is 2.11 bits per heavy atom. The number of nitrogen functional groups attached to an aromatic ring is 1. The number of amides is 1. The third-order valence-corrected chi connectivity index (χ3v) is 4.06. The van der Waals surface area contributed by atoms with Gasteiger partial charge >= 0.3 is 5.97 Å². The molecule has 0 spiro atoms. The minimum atomic E-state index is -1.17. The molecule has 0 bridgehead atoms. The molecule has 0 atom stereocenters. The van der Waals surface area contributed by atoms with Gasteiger partial charge in [0, 0.05) is 11.3 Å². The molecule has 0 saturated heterocycles. The second kappa shape index (κ2) is 7.53. The summed E-state index contributed by atoms with van der Waals surface area (Å²) in [6.45, 7) is 0. The fourth-order valence-corrected chi connectivity index (χ4v) is 2.66. The molecule has 0 aliphatic heterocycles. The lowest BCUT2D eigenvalue weighted by atomic mass is 9.98. The van der Waals surface area contributed by atoms with E-state index in [1.807, 2.05) is 30.3 Å². The molecule has 0 fully saturated rings. The summed E-state index contributed by atoms with van der Waals surface area (Å²) in [7, 11) is 0. The Morgan fingerprint density at radius 2 is 1.52 bits per heavy atom. The first kappa shape index (κ1) is 17.9. The highest BCUT2D eigenvalue weighted by molar-refractivity contribution is 6.11. The predicted octanol–water partition coefficient (Wildman–Crippen LogP) is 3.59. The van der Waals surface area contributed by atoms with Crippen molar-refractivity contribution in [3.63, 3.8) is 0 Å². The minimum Gasteiger partial charge on any atom is -0.478 e. The highest BCUT2D eigenvalue weighted by Gasteiger charge is 2.18. The van der Waals surface area contributed by atoms with Gasteiger partial charge in [0.05, 0.1) is 11.1 Å². The maximum Gasteiger partial charge on any atom is 0.336 e. The van der Waals surface area contributed by atoms with E-state index in [2.05, 4.69) is 5.32 Å². The first-order chi connectivity index (χ1) is 13.0. The lowest BCUT2D eigenvalue weighted by Crippen LogP contribution is -2.17. The molecule has 3 rings (SSSR count). The highest BCUT2D eigenvalue weighted by Crippen LogP contribution is 2.23. The zero-order valence-corrected chi connectivity index (χ0v) is 14.3. The van der Waals surface area contributed by atoms with Crippen molar-refractivity contribution in [2.75, 3.05) is 5.32 Å². The SMILES string of the molecule is N=C(N)c1ccc(NC(=O)c2cc(-c3ccccc3)ccc2C(=O)O)cc1. The average Bonchev–Trinajstić information content (AvgIpc) is 2.68. The average molecular weight is 359 g/mol. The van der Waals surface area contributed by atoms with Crippen molar-refractivity contribution in [2.24, 2.45) is 5.73 Å². The Bertz CT molecular complexity index is 1010. The predicted molar refractivity (Wildman–Crippen MR) is 104 cm³/mol. The van der Waals surface area contributed by atoms with E-state index < -0.39 is 11.9 Å². The number of carbonyl (C=O) groups is 2. The molecule has 6 heteroatoms. The Kier molecular flexibility index (Phi) is 4.99. The van der Waals surface area contributed by atoms with Crippen LogP contribution in [0.1, 0.15) is 26.3 Å². The summed E-state index contributed by atoms with van der Waals surface area (Å²) in [5.74, 6) is -1.77. The van der Waals surface area contributed by atoms with Crippen molar-refractivity contribution in [2.45, 2.75) is 0 Å². The van der Waals surface area contributed by atoms with Crippen LogP contribution in [0.2, 0.25) is 0 Å². The van der Waals surface area contributed by atoms with E-state index in [-0.39, 0.29) is 17.0 Å². The number of hydrogen-bond donors (Lipinski definition) is 4. The standard InChI is InChI=1S/C21H17N3O3/c22-19(23)14-6-9-16(10-7-14)24-20(25)18-12-15(8-11-17(18)21(26)27)13-4-2-1-3-5-13/h1-12H,(H3,22,23)(H,24,25)(H,26,27). The van der Waals surface area contributed by atoms with Crippen molar-refractivity contribution in [3.8, 4) is 11.1 Å². The molecule has 0 unspecified atom stereocenters. The fourth-order valence-electron chi connectivity index (χ4n) is 2.66. The number of hydrogen-bond acceptors (Lipinski definition) is 3. The van der Waals surface area contributed by atoms with Crippen LogP contribution < -0.4 is 11.1 Å². The molecule has 1 amide bonds. The van der Waals surface area contributed by atoms with Crippen molar-refractivity contribution < 1.29 is 14.7 Å². The lowest BCUT2D eigenvalue weighted by molar-refractivity contribution is 0.0692. The van der Waals surface area contributed by atoms with Crippen LogP contribution >= 0.6 is 0 Å². The van der Waals surface area contributed by atoms with Crippen LogP contribution in [0.5, 0.6) is 0 Å². The number of carboxylic acids is 1. The smallest absolute Gasteiger partial charge is 0.336 e. The number of nitrogens with one attached hydrogen (secondary N) is 2. The largest absolute Gasteiger partial charge is 0.478 e. The van der Waals surface area contributed by atoms with E-state index >= 15 is 0 Å². The normalized spacial score (nSPS) is 10.2. The van der Waals surface area contributed by atoms with Gasteiger partial charge in [0.15, 0.2) is 0 Å². The van der Waals surface area contributed by atoms with Gasteiger partial charge in [-0.1, -0.05) is 36.4 Å². The van der Waals surface area contributed by atoms with Crippen LogP contribution in [0.15, 0.2) is 72.8 Å². The monoisotopic (exact) mass is 359 g/mol. The number of amidine groups is 1. The van der Waals surface area contributed by atoms with Crippen LogP contribution in [0, 0.1) is 5.41 Å². The third kappa shape index (κ3) is 4.01. The summed E-state index contributed by atoms with van der Waals surface area (Å²) in [5, 5.41) is 19.5. The van der Waals surface area contributed by atoms with Crippen LogP contribution in [0.4, 0.5) is 5.69 Å². The first-order valence-electron chi connectivity index (χ1n) is 8.14. The lowest BCUT2D eigenvalue weighted by Gasteiger charge is -2.11. The van der Waals surface area contributed by atoms with Gasteiger partial charge < -0.3 is 16.2 Å². The molecular formula is C21H17N3O3. The van der Waals surface area contributed by atoms with Crippen molar-refractivity contribution >= 4 is 23.4 Å². The van der Waals surface area contributed by atoms with E-state index in [0.717, 1.165) is 11.1 Å². The second-order valence-electron chi connectivity index (χ2n) is 5.88.